The number of ether oxygens (including phenoxy) is 2. The molecule has 102 valence electrons. The van der Waals surface area contributed by atoms with E-state index in [9.17, 15) is 5.11 Å². The minimum Gasteiger partial charge on any atom is -0.495 e. The number of nitrogens with two attached hydrogens (primary N) is 1. The molecule has 18 heavy (non-hydrogen) atoms. The van der Waals surface area contributed by atoms with E-state index in [1.807, 2.05) is 26.0 Å². The number of hydrogen-bond donors (Lipinski definition) is 2. The molecular weight excluding hydrogens is 298 g/mol. The van der Waals surface area contributed by atoms with Gasteiger partial charge in [0.2, 0.25) is 0 Å². The van der Waals surface area contributed by atoms with E-state index in [-0.39, 0.29) is 12.6 Å². The Balaban J connectivity index is 3.25. The molecule has 4 nitrogen and oxygen atoms in total. The predicted molar refractivity (Wildman–Crippen MR) is 75.0 cm³/mol. The molecule has 0 radical (unpaired) electrons. The van der Waals surface area contributed by atoms with Crippen molar-refractivity contribution in [1.29, 1.82) is 0 Å². The summed E-state index contributed by atoms with van der Waals surface area (Å²) >= 11 is 3.41. The van der Waals surface area contributed by atoms with E-state index >= 15 is 0 Å². The van der Waals surface area contributed by atoms with Crippen molar-refractivity contribution >= 4 is 15.9 Å². The molecule has 0 bridgehead atoms. The first kappa shape index (κ1) is 15.3. The standard InChI is InChI=1S/C13H20BrNO3/c1-13(2,7-16)12(15)8-5-9(17-3)11(14)10(6-8)18-4/h5-6,12,16H,7,15H2,1-4H3/t12-/m1/s1. The summed E-state index contributed by atoms with van der Waals surface area (Å²) in [6, 6.07) is 3.40. The molecule has 0 spiro atoms. The average molecular weight is 318 g/mol. The average Bonchev–Trinajstić information content (AvgIpc) is 2.38. The summed E-state index contributed by atoms with van der Waals surface area (Å²) in [7, 11) is 3.18. The quantitative estimate of drug-likeness (QED) is 0.875. The normalized spacial score (nSPS) is 13.3. The number of methoxy groups -OCH3 is 2. The highest BCUT2D eigenvalue weighted by Crippen LogP contribution is 2.40. The minimum absolute atomic E-state index is 0.00879. The van der Waals surface area contributed by atoms with Gasteiger partial charge in [0.1, 0.15) is 16.0 Å². The van der Waals surface area contributed by atoms with Gasteiger partial charge >= 0.3 is 0 Å². The molecule has 1 aromatic carbocycles. The third-order valence-corrected chi connectivity index (χ3v) is 3.86. The molecule has 1 rings (SSSR count). The van der Waals surface area contributed by atoms with Crippen LogP contribution in [0, 0.1) is 5.41 Å². The van der Waals surface area contributed by atoms with Crippen molar-refractivity contribution in [3.63, 3.8) is 0 Å². The van der Waals surface area contributed by atoms with Crippen LogP contribution in [-0.2, 0) is 0 Å². The summed E-state index contributed by atoms with van der Waals surface area (Å²) in [6.45, 7) is 3.84. The lowest BCUT2D eigenvalue weighted by Crippen LogP contribution is -2.32. The van der Waals surface area contributed by atoms with Crippen LogP contribution in [0.5, 0.6) is 11.5 Å². The fourth-order valence-electron chi connectivity index (χ4n) is 1.62. The Morgan fingerprint density at radius 1 is 1.28 bits per heavy atom. The highest BCUT2D eigenvalue weighted by molar-refractivity contribution is 9.10. The van der Waals surface area contributed by atoms with Crippen molar-refractivity contribution in [2.45, 2.75) is 19.9 Å². The maximum absolute atomic E-state index is 9.38. The van der Waals surface area contributed by atoms with E-state index in [1.54, 1.807) is 14.2 Å². The van der Waals surface area contributed by atoms with Crippen molar-refractivity contribution in [2.75, 3.05) is 20.8 Å². The van der Waals surface area contributed by atoms with Gasteiger partial charge in [-0.2, -0.15) is 0 Å². The summed E-state index contributed by atoms with van der Waals surface area (Å²) in [5.41, 5.74) is 6.65. The molecule has 0 aliphatic heterocycles. The van der Waals surface area contributed by atoms with Gasteiger partial charge in [-0.05, 0) is 33.6 Å². The topological polar surface area (TPSA) is 64.7 Å². The molecule has 1 atom stereocenters. The van der Waals surface area contributed by atoms with Crippen LogP contribution in [0.2, 0.25) is 0 Å². The summed E-state index contributed by atoms with van der Waals surface area (Å²) in [4.78, 5) is 0. The third kappa shape index (κ3) is 2.96. The number of aliphatic hydroxyl groups is 1. The number of hydrogen-bond acceptors (Lipinski definition) is 4. The van der Waals surface area contributed by atoms with Crippen LogP contribution in [0.25, 0.3) is 0 Å². The van der Waals surface area contributed by atoms with Crippen LogP contribution in [0.3, 0.4) is 0 Å². The zero-order chi connectivity index (χ0) is 13.9. The van der Waals surface area contributed by atoms with E-state index in [4.69, 9.17) is 15.2 Å². The maximum atomic E-state index is 9.38. The predicted octanol–water partition coefficient (Wildman–Crippen LogP) is 2.48. The molecule has 3 N–H and O–H groups in total. The first-order chi connectivity index (χ1) is 8.37. The van der Waals surface area contributed by atoms with Crippen LogP contribution in [-0.4, -0.2) is 25.9 Å². The van der Waals surface area contributed by atoms with E-state index < -0.39 is 5.41 Å². The Labute approximate surface area is 116 Å². The van der Waals surface area contributed by atoms with Gasteiger partial charge in [0.25, 0.3) is 0 Å². The molecule has 0 aromatic heterocycles. The molecule has 0 unspecified atom stereocenters. The maximum Gasteiger partial charge on any atom is 0.137 e. The fraction of sp³-hybridized carbons (Fsp3) is 0.538. The largest absolute Gasteiger partial charge is 0.495 e. The molecule has 1 aromatic rings. The first-order valence-electron chi connectivity index (χ1n) is 5.65. The van der Waals surface area contributed by atoms with Crippen molar-refractivity contribution in [3.8, 4) is 11.5 Å². The zero-order valence-electron chi connectivity index (χ0n) is 11.2. The van der Waals surface area contributed by atoms with Gasteiger partial charge in [-0.1, -0.05) is 13.8 Å². The van der Waals surface area contributed by atoms with Crippen LogP contribution < -0.4 is 15.2 Å². The SMILES string of the molecule is COc1cc([C@@H](N)C(C)(C)CO)cc(OC)c1Br. The zero-order valence-corrected chi connectivity index (χ0v) is 12.7. The van der Waals surface area contributed by atoms with Crippen LogP contribution in [0.4, 0.5) is 0 Å². The summed E-state index contributed by atoms with van der Waals surface area (Å²) in [6.07, 6.45) is 0. The first-order valence-corrected chi connectivity index (χ1v) is 6.44. The molecule has 0 aliphatic carbocycles. The van der Waals surface area contributed by atoms with E-state index in [2.05, 4.69) is 15.9 Å². The van der Waals surface area contributed by atoms with Crippen LogP contribution in [0.15, 0.2) is 16.6 Å². The van der Waals surface area contributed by atoms with Crippen LogP contribution >= 0.6 is 15.9 Å². The Hall–Kier alpha value is -0.780. The molecule has 0 aliphatic rings. The highest BCUT2D eigenvalue weighted by atomic mass is 79.9. The van der Waals surface area contributed by atoms with Gasteiger partial charge in [-0.25, -0.2) is 0 Å². The van der Waals surface area contributed by atoms with Crippen molar-refractivity contribution in [2.24, 2.45) is 11.1 Å². The van der Waals surface area contributed by atoms with Gasteiger partial charge in [-0.15, -0.1) is 0 Å². The fourth-order valence-corrected chi connectivity index (χ4v) is 2.17. The minimum atomic E-state index is -0.413. The lowest BCUT2D eigenvalue weighted by atomic mass is 9.82. The van der Waals surface area contributed by atoms with Gasteiger partial charge < -0.3 is 20.3 Å². The van der Waals surface area contributed by atoms with Crippen molar-refractivity contribution in [3.05, 3.63) is 22.2 Å². The molecule has 0 amide bonds. The second kappa shape index (κ2) is 5.91. The number of halogens is 1. The van der Waals surface area contributed by atoms with Crippen LogP contribution in [0.1, 0.15) is 25.5 Å². The summed E-state index contributed by atoms with van der Waals surface area (Å²) < 4.78 is 11.3. The third-order valence-electron chi connectivity index (χ3n) is 3.08. The van der Waals surface area contributed by atoms with E-state index in [0.717, 1.165) is 10.0 Å². The molecular formula is C13H20BrNO3. The Kier molecular flexibility index (Phi) is 5.01. The van der Waals surface area contributed by atoms with E-state index in [0.29, 0.717) is 11.5 Å². The van der Waals surface area contributed by atoms with Gasteiger partial charge in [0, 0.05) is 18.1 Å². The monoisotopic (exact) mass is 317 g/mol. The van der Waals surface area contributed by atoms with E-state index in [1.165, 1.54) is 0 Å². The smallest absolute Gasteiger partial charge is 0.137 e. The summed E-state index contributed by atoms with van der Waals surface area (Å²) in [5, 5.41) is 9.38. The van der Waals surface area contributed by atoms with Crippen molar-refractivity contribution in [1.82, 2.24) is 0 Å². The second-order valence-electron chi connectivity index (χ2n) is 4.86. The highest BCUT2D eigenvalue weighted by Gasteiger charge is 2.28. The molecule has 0 saturated heterocycles. The van der Waals surface area contributed by atoms with Gasteiger partial charge in [0.05, 0.1) is 14.2 Å². The lowest BCUT2D eigenvalue weighted by Gasteiger charge is -2.30. The molecule has 0 heterocycles. The number of aliphatic hydroxyl groups excluding tert-OH is 1. The molecule has 0 fully saturated rings. The van der Waals surface area contributed by atoms with Gasteiger partial charge in [-0.3, -0.25) is 0 Å². The summed E-state index contributed by atoms with van der Waals surface area (Å²) in [5.74, 6) is 1.32. The van der Waals surface area contributed by atoms with Gasteiger partial charge in [0.15, 0.2) is 0 Å². The Morgan fingerprint density at radius 2 is 1.72 bits per heavy atom. The molecule has 0 saturated carbocycles. The Bertz CT molecular complexity index is 396. The number of rotatable bonds is 5. The second-order valence-corrected chi connectivity index (χ2v) is 5.66. The van der Waals surface area contributed by atoms with Crippen molar-refractivity contribution < 1.29 is 14.6 Å². The molecule has 5 heteroatoms. The Morgan fingerprint density at radius 3 is 2.06 bits per heavy atom. The lowest BCUT2D eigenvalue weighted by molar-refractivity contribution is 0.132. The number of benzene rings is 1.